The molecule has 176 valence electrons. The zero-order chi connectivity index (χ0) is 24.2. The Morgan fingerprint density at radius 2 is 1.85 bits per heavy atom. The number of anilines is 1. The van der Waals surface area contributed by atoms with Gasteiger partial charge < -0.3 is 19.3 Å². The largest absolute Gasteiger partial charge is 0.493 e. The minimum Gasteiger partial charge on any atom is -0.493 e. The molecule has 0 atom stereocenters. The van der Waals surface area contributed by atoms with Gasteiger partial charge in [-0.15, -0.1) is 0 Å². The van der Waals surface area contributed by atoms with Crippen molar-refractivity contribution >= 4 is 17.3 Å². The number of nitrogens with zero attached hydrogens (tertiary/aromatic N) is 3. The SMILES string of the molecule is C=CCOc1ccc(C(=O)N2CCN(c3ccc(C(F)(F)F)cc3[N+](=O)[O-])CC2)cc1OC. The van der Waals surface area contributed by atoms with E-state index in [0.717, 1.165) is 12.1 Å². The predicted molar refractivity (Wildman–Crippen MR) is 115 cm³/mol. The number of piperazine rings is 1. The first kappa shape index (κ1) is 23.9. The molecule has 1 fully saturated rings. The van der Waals surface area contributed by atoms with E-state index in [1.165, 1.54) is 7.11 Å². The molecule has 0 bridgehead atoms. The van der Waals surface area contributed by atoms with Gasteiger partial charge in [0.15, 0.2) is 11.5 Å². The third kappa shape index (κ3) is 5.36. The summed E-state index contributed by atoms with van der Waals surface area (Å²) in [7, 11) is 1.46. The number of benzene rings is 2. The van der Waals surface area contributed by atoms with E-state index in [4.69, 9.17) is 9.47 Å². The molecule has 8 nitrogen and oxygen atoms in total. The summed E-state index contributed by atoms with van der Waals surface area (Å²) in [4.78, 5) is 26.7. The van der Waals surface area contributed by atoms with E-state index in [9.17, 15) is 28.1 Å². The van der Waals surface area contributed by atoms with Gasteiger partial charge in [0.25, 0.3) is 11.6 Å². The van der Waals surface area contributed by atoms with Crippen molar-refractivity contribution in [1.29, 1.82) is 0 Å². The monoisotopic (exact) mass is 465 g/mol. The number of alkyl halides is 3. The standard InChI is InChI=1S/C22H22F3N3O5/c1-3-12-33-19-7-4-15(13-20(19)32-2)21(29)27-10-8-26(9-11-27)17-6-5-16(22(23,24)25)14-18(17)28(30)31/h3-7,13-14H,1,8-12H2,2H3. The van der Waals surface area contributed by atoms with E-state index in [0.29, 0.717) is 23.1 Å². The summed E-state index contributed by atoms with van der Waals surface area (Å²) in [6.07, 6.45) is -3.10. The quantitative estimate of drug-likeness (QED) is 0.347. The second-order valence-electron chi connectivity index (χ2n) is 7.20. The number of rotatable bonds is 7. The third-order valence-corrected chi connectivity index (χ3v) is 5.17. The van der Waals surface area contributed by atoms with Crippen LogP contribution < -0.4 is 14.4 Å². The van der Waals surface area contributed by atoms with Crippen molar-refractivity contribution in [3.8, 4) is 11.5 Å². The van der Waals surface area contributed by atoms with Gasteiger partial charge in [-0.05, 0) is 30.3 Å². The predicted octanol–water partition coefficient (Wildman–Crippen LogP) is 4.15. The Kier molecular flexibility index (Phi) is 7.10. The summed E-state index contributed by atoms with van der Waals surface area (Å²) in [6.45, 7) is 4.81. The van der Waals surface area contributed by atoms with Crippen LogP contribution in [-0.4, -0.2) is 55.6 Å². The van der Waals surface area contributed by atoms with E-state index in [2.05, 4.69) is 6.58 Å². The van der Waals surface area contributed by atoms with Crippen molar-refractivity contribution in [3.63, 3.8) is 0 Å². The highest BCUT2D eigenvalue weighted by Gasteiger charge is 2.34. The van der Waals surface area contributed by atoms with E-state index in [1.807, 2.05) is 0 Å². The van der Waals surface area contributed by atoms with Crippen LogP contribution in [0.15, 0.2) is 49.1 Å². The molecule has 0 N–H and O–H groups in total. The highest BCUT2D eigenvalue weighted by Crippen LogP contribution is 2.37. The Morgan fingerprint density at radius 1 is 1.15 bits per heavy atom. The molecular weight excluding hydrogens is 443 g/mol. The number of hydrogen-bond acceptors (Lipinski definition) is 6. The molecule has 33 heavy (non-hydrogen) atoms. The van der Waals surface area contributed by atoms with Crippen molar-refractivity contribution in [2.24, 2.45) is 0 Å². The van der Waals surface area contributed by atoms with Gasteiger partial charge in [0, 0.05) is 37.8 Å². The maximum absolute atomic E-state index is 12.9. The molecule has 2 aromatic carbocycles. The van der Waals surface area contributed by atoms with Crippen LogP contribution in [0, 0.1) is 10.1 Å². The van der Waals surface area contributed by atoms with Gasteiger partial charge in [-0.25, -0.2) is 0 Å². The van der Waals surface area contributed by atoms with E-state index in [1.54, 1.807) is 34.1 Å². The Balaban J connectivity index is 1.73. The Bertz CT molecular complexity index is 1050. The number of nitro groups is 1. The van der Waals surface area contributed by atoms with Crippen LogP contribution in [0.2, 0.25) is 0 Å². The van der Waals surface area contributed by atoms with Gasteiger partial charge in [0.2, 0.25) is 0 Å². The average Bonchev–Trinajstić information content (AvgIpc) is 2.81. The number of hydrogen-bond donors (Lipinski definition) is 0. The van der Waals surface area contributed by atoms with E-state index < -0.39 is 22.4 Å². The third-order valence-electron chi connectivity index (χ3n) is 5.17. The summed E-state index contributed by atoms with van der Waals surface area (Å²) >= 11 is 0. The van der Waals surface area contributed by atoms with Crippen LogP contribution >= 0.6 is 0 Å². The first-order chi connectivity index (χ1) is 15.7. The smallest absolute Gasteiger partial charge is 0.416 e. The minimum atomic E-state index is -4.68. The molecule has 1 amide bonds. The normalized spacial score (nSPS) is 14.1. The molecule has 1 heterocycles. The molecule has 1 saturated heterocycles. The summed E-state index contributed by atoms with van der Waals surface area (Å²) in [5.74, 6) is 0.597. The zero-order valence-electron chi connectivity index (χ0n) is 17.8. The second-order valence-corrected chi connectivity index (χ2v) is 7.20. The van der Waals surface area contributed by atoms with Gasteiger partial charge in [0.05, 0.1) is 17.6 Å². The van der Waals surface area contributed by atoms with Crippen LogP contribution in [0.25, 0.3) is 0 Å². The van der Waals surface area contributed by atoms with Gasteiger partial charge in [-0.1, -0.05) is 12.7 Å². The number of nitro benzene ring substituents is 1. The summed E-state index contributed by atoms with van der Waals surface area (Å²) in [5.41, 5.74) is -1.23. The number of carbonyl (C=O) groups is 1. The summed E-state index contributed by atoms with van der Waals surface area (Å²) < 4.78 is 49.6. The number of halogens is 3. The highest BCUT2D eigenvalue weighted by atomic mass is 19.4. The van der Waals surface area contributed by atoms with Crippen molar-refractivity contribution in [1.82, 2.24) is 4.90 Å². The average molecular weight is 465 g/mol. The van der Waals surface area contributed by atoms with E-state index >= 15 is 0 Å². The number of carbonyl (C=O) groups excluding carboxylic acids is 1. The van der Waals surface area contributed by atoms with Crippen molar-refractivity contribution < 1.29 is 32.4 Å². The zero-order valence-corrected chi connectivity index (χ0v) is 17.8. The first-order valence-electron chi connectivity index (χ1n) is 9.97. The van der Waals surface area contributed by atoms with Crippen LogP contribution in [-0.2, 0) is 6.18 Å². The second kappa shape index (κ2) is 9.80. The Morgan fingerprint density at radius 3 is 2.42 bits per heavy atom. The van der Waals surface area contributed by atoms with Gasteiger partial charge >= 0.3 is 6.18 Å². The maximum Gasteiger partial charge on any atom is 0.416 e. The molecule has 2 aromatic rings. The maximum atomic E-state index is 12.9. The fraction of sp³-hybridized carbons (Fsp3) is 0.318. The molecule has 0 spiro atoms. The van der Waals surface area contributed by atoms with Crippen molar-refractivity contribution in [3.05, 3.63) is 70.3 Å². The van der Waals surface area contributed by atoms with Gasteiger partial charge in [-0.2, -0.15) is 13.2 Å². The van der Waals surface area contributed by atoms with E-state index in [-0.39, 0.29) is 44.4 Å². The molecule has 1 aliphatic rings. The number of ether oxygens (including phenoxy) is 2. The molecule has 1 aliphatic heterocycles. The highest BCUT2D eigenvalue weighted by molar-refractivity contribution is 5.95. The van der Waals surface area contributed by atoms with Crippen molar-refractivity contribution in [2.45, 2.75) is 6.18 Å². The first-order valence-corrected chi connectivity index (χ1v) is 9.97. The van der Waals surface area contributed by atoms with Gasteiger partial charge in [-0.3, -0.25) is 14.9 Å². The summed E-state index contributed by atoms with van der Waals surface area (Å²) in [6, 6.07) is 7.25. The van der Waals surface area contributed by atoms with Crippen LogP contribution in [0.3, 0.4) is 0 Å². The fourth-order valence-corrected chi connectivity index (χ4v) is 3.51. The number of amides is 1. The molecule has 3 rings (SSSR count). The molecule has 0 saturated carbocycles. The lowest BCUT2D eigenvalue weighted by Gasteiger charge is -2.36. The van der Waals surface area contributed by atoms with Crippen molar-refractivity contribution in [2.75, 3.05) is 44.8 Å². The molecule has 0 unspecified atom stereocenters. The lowest BCUT2D eigenvalue weighted by atomic mass is 10.1. The minimum absolute atomic E-state index is 0.0884. The van der Waals surface area contributed by atoms with Gasteiger partial charge in [0.1, 0.15) is 12.3 Å². The van der Waals surface area contributed by atoms with Crippen LogP contribution in [0.5, 0.6) is 11.5 Å². The number of methoxy groups -OCH3 is 1. The molecular formula is C22H22F3N3O5. The Labute approximate surface area is 188 Å². The lowest BCUT2D eigenvalue weighted by molar-refractivity contribution is -0.384. The van der Waals surface area contributed by atoms with Crippen LogP contribution in [0.1, 0.15) is 15.9 Å². The Hall–Kier alpha value is -3.76. The van der Waals surface area contributed by atoms with Crippen LogP contribution in [0.4, 0.5) is 24.5 Å². The topological polar surface area (TPSA) is 85.2 Å². The molecule has 11 heteroatoms. The molecule has 0 aliphatic carbocycles. The fourth-order valence-electron chi connectivity index (χ4n) is 3.51. The molecule has 0 radical (unpaired) electrons. The molecule has 0 aromatic heterocycles. The summed E-state index contributed by atoms with van der Waals surface area (Å²) in [5, 5.41) is 11.4. The lowest BCUT2D eigenvalue weighted by Crippen LogP contribution is -2.49.